The van der Waals surface area contributed by atoms with E-state index in [1.54, 1.807) is 6.07 Å². The van der Waals surface area contributed by atoms with Crippen LogP contribution < -0.4 is 5.32 Å². The Balaban J connectivity index is 2.12. The van der Waals surface area contributed by atoms with Gasteiger partial charge in [0.25, 0.3) is 0 Å². The zero-order valence-corrected chi connectivity index (χ0v) is 12.0. The van der Waals surface area contributed by atoms with Crippen molar-refractivity contribution in [1.29, 1.82) is 0 Å². The summed E-state index contributed by atoms with van der Waals surface area (Å²) in [6.45, 7) is 4.14. The maximum absolute atomic E-state index is 12.9. The van der Waals surface area contributed by atoms with Gasteiger partial charge in [0.1, 0.15) is 0 Å². The number of alkyl halides is 3. The summed E-state index contributed by atoms with van der Waals surface area (Å²) in [4.78, 5) is 0. The quantitative estimate of drug-likeness (QED) is 0.848. The average Bonchev–Trinajstić information content (AvgIpc) is 2.44. The van der Waals surface area contributed by atoms with Crippen LogP contribution in [0.3, 0.4) is 0 Å². The van der Waals surface area contributed by atoms with Crippen molar-refractivity contribution < 1.29 is 13.2 Å². The summed E-state index contributed by atoms with van der Waals surface area (Å²) in [6.07, 6.45) is -4.32. The SMILES string of the molecule is Cc1ccccc1C(C)NCc1ccccc1C(F)(F)F. The molecule has 4 heteroatoms. The minimum atomic E-state index is -4.32. The molecule has 21 heavy (non-hydrogen) atoms. The van der Waals surface area contributed by atoms with Crippen LogP contribution in [-0.2, 0) is 12.7 Å². The van der Waals surface area contributed by atoms with Gasteiger partial charge in [0.15, 0.2) is 0 Å². The van der Waals surface area contributed by atoms with Crippen LogP contribution in [0.25, 0.3) is 0 Å². The monoisotopic (exact) mass is 293 g/mol. The van der Waals surface area contributed by atoms with Gasteiger partial charge in [0, 0.05) is 12.6 Å². The van der Waals surface area contributed by atoms with Crippen molar-refractivity contribution in [2.45, 2.75) is 32.6 Å². The first-order valence-corrected chi connectivity index (χ1v) is 6.83. The van der Waals surface area contributed by atoms with E-state index < -0.39 is 11.7 Å². The molecule has 0 heterocycles. The van der Waals surface area contributed by atoms with Gasteiger partial charge in [-0.1, -0.05) is 42.5 Å². The molecule has 112 valence electrons. The van der Waals surface area contributed by atoms with Gasteiger partial charge in [-0.25, -0.2) is 0 Å². The third kappa shape index (κ3) is 3.85. The van der Waals surface area contributed by atoms with E-state index in [4.69, 9.17) is 0 Å². The summed E-state index contributed by atoms with van der Waals surface area (Å²) < 4.78 is 38.8. The minimum absolute atomic E-state index is 0.00695. The molecule has 0 saturated carbocycles. The maximum Gasteiger partial charge on any atom is 0.416 e. The second-order valence-electron chi connectivity index (χ2n) is 5.11. The molecule has 0 aliphatic rings. The lowest BCUT2D eigenvalue weighted by Crippen LogP contribution is -2.21. The van der Waals surface area contributed by atoms with E-state index >= 15 is 0 Å². The summed E-state index contributed by atoms with van der Waals surface area (Å²) in [5.74, 6) is 0. The normalized spacial score (nSPS) is 13.2. The van der Waals surface area contributed by atoms with E-state index in [0.717, 1.165) is 17.2 Å². The number of hydrogen-bond donors (Lipinski definition) is 1. The Labute approximate surface area is 122 Å². The van der Waals surface area contributed by atoms with Gasteiger partial charge in [-0.05, 0) is 36.6 Å². The smallest absolute Gasteiger partial charge is 0.306 e. The molecular weight excluding hydrogens is 275 g/mol. The first-order valence-electron chi connectivity index (χ1n) is 6.83. The fraction of sp³-hybridized carbons (Fsp3) is 0.294. The van der Waals surface area contributed by atoms with Crippen LogP contribution in [0.2, 0.25) is 0 Å². The first kappa shape index (κ1) is 15.6. The highest BCUT2D eigenvalue weighted by molar-refractivity contribution is 5.31. The average molecular weight is 293 g/mol. The molecule has 1 atom stereocenters. The van der Waals surface area contributed by atoms with Gasteiger partial charge >= 0.3 is 6.18 Å². The van der Waals surface area contributed by atoms with Crippen molar-refractivity contribution in [2.24, 2.45) is 0 Å². The first-order chi connectivity index (χ1) is 9.89. The van der Waals surface area contributed by atoms with E-state index in [2.05, 4.69) is 5.32 Å². The van der Waals surface area contributed by atoms with Crippen LogP contribution in [0.5, 0.6) is 0 Å². The van der Waals surface area contributed by atoms with Crippen LogP contribution in [0.4, 0.5) is 13.2 Å². The van der Waals surface area contributed by atoms with Crippen molar-refractivity contribution in [3.63, 3.8) is 0 Å². The zero-order chi connectivity index (χ0) is 15.5. The third-order valence-corrected chi connectivity index (χ3v) is 3.58. The lowest BCUT2D eigenvalue weighted by atomic mass is 10.0. The van der Waals surface area contributed by atoms with Crippen LogP contribution in [-0.4, -0.2) is 0 Å². The molecule has 2 aromatic carbocycles. The molecule has 0 radical (unpaired) electrons. The molecule has 1 nitrogen and oxygen atoms in total. The van der Waals surface area contributed by atoms with Crippen molar-refractivity contribution in [1.82, 2.24) is 5.32 Å². The fourth-order valence-corrected chi connectivity index (χ4v) is 2.40. The van der Waals surface area contributed by atoms with Crippen molar-refractivity contribution in [2.75, 3.05) is 0 Å². The van der Waals surface area contributed by atoms with Crippen LogP contribution in [0, 0.1) is 6.92 Å². The largest absolute Gasteiger partial charge is 0.416 e. The molecule has 0 aromatic heterocycles. The number of aryl methyl sites for hydroxylation is 1. The molecule has 0 amide bonds. The molecular formula is C17H18F3N. The van der Waals surface area contributed by atoms with E-state index in [9.17, 15) is 13.2 Å². The number of nitrogens with one attached hydrogen (secondary N) is 1. The van der Waals surface area contributed by atoms with Gasteiger partial charge in [0.05, 0.1) is 5.56 Å². The fourth-order valence-electron chi connectivity index (χ4n) is 2.40. The third-order valence-electron chi connectivity index (χ3n) is 3.58. The standard InChI is InChI=1S/C17H18F3N/c1-12-7-3-5-9-15(12)13(2)21-11-14-8-4-6-10-16(14)17(18,19)20/h3-10,13,21H,11H2,1-2H3. The van der Waals surface area contributed by atoms with E-state index in [-0.39, 0.29) is 18.2 Å². The molecule has 2 rings (SSSR count). The van der Waals surface area contributed by atoms with E-state index in [0.29, 0.717) is 0 Å². The second-order valence-corrected chi connectivity index (χ2v) is 5.11. The number of hydrogen-bond acceptors (Lipinski definition) is 1. The molecule has 1 unspecified atom stereocenters. The lowest BCUT2D eigenvalue weighted by molar-refractivity contribution is -0.138. The molecule has 0 aliphatic carbocycles. The van der Waals surface area contributed by atoms with Crippen LogP contribution in [0.1, 0.15) is 35.2 Å². The molecule has 0 spiro atoms. The lowest BCUT2D eigenvalue weighted by Gasteiger charge is -2.18. The Hall–Kier alpha value is -1.81. The Kier molecular flexibility index (Phi) is 4.68. The molecule has 1 N–H and O–H groups in total. The van der Waals surface area contributed by atoms with Crippen LogP contribution in [0.15, 0.2) is 48.5 Å². The summed E-state index contributed by atoms with van der Waals surface area (Å²) in [6, 6.07) is 13.5. The van der Waals surface area contributed by atoms with Crippen molar-refractivity contribution >= 4 is 0 Å². The Morgan fingerprint density at radius 3 is 2.29 bits per heavy atom. The van der Waals surface area contributed by atoms with Gasteiger partial charge in [-0.3, -0.25) is 0 Å². The molecule has 0 aliphatic heterocycles. The maximum atomic E-state index is 12.9. The Morgan fingerprint density at radius 1 is 1.00 bits per heavy atom. The summed E-state index contributed by atoms with van der Waals surface area (Å²) >= 11 is 0. The van der Waals surface area contributed by atoms with E-state index in [1.165, 1.54) is 12.1 Å². The van der Waals surface area contributed by atoms with Gasteiger partial charge in [-0.15, -0.1) is 0 Å². The predicted molar refractivity (Wildman–Crippen MR) is 77.9 cm³/mol. The number of benzene rings is 2. The molecule has 2 aromatic rings. The molecule has 0 bridgehead atoms. The highest BCUT2D eigenvalue weighted by Gasteiger charge is 2.32. The minimum Gasteiger partial charge on any atom is -0.306 e. The second kappa shape index (κ2) is 6.31. The highest BCUT2D eigenvalue weighted by atomic mass is 19.4. The van der Waals surface area contributed by atoms with Crippen molar-refractivity contribution in [3.8, 4) is 0 Å². The Morgan fingerprint density at radius 2 is 1.62 bits per heavy atom. The van der Waals surface area contributed by atoms with Crippen molar-refractivity contribution in [3.05, 3.63) is 70.8 Å². The predicted octanol–water partition coefficient (Wildman–Crippen LogP) is 4.86. The summed E-state index contributed by atoms with van der Waals surface area (Å²) in [5, 5.41) is 3.17. The Bertz CT molecular complexity index is 605. The number of rotatable bonds is 4. The van der Waals surface area contributed by atoms with Gasteiger partial charge < -0.3 is 5.32 Å². The molecule has 0 saturated heterocycles. The highest BCUT2D eigenvalue weighted by Crippen LogP contribution is 2.32. The summed E-state index contributed by atoms with van der Waals surface area (Å²) in [7, 11) is 0. The van der Waals surface area contributed by atoms with E-state index in [1.807, 2.05) is 38.1 Å². The van der Waals surface area contributed by atoms with Gasteiger partial charge in [0.2, 0.25) is 0 Å². The molecule has 0 fully saturated rings. The van der Waals surface area contributed by atoms with Crippen LogP contribution >= 0.6 is 0 Å². The van der Waals surface area contributed by atoms with Gasteiger partial charge in [-0.2, -0.15) is 13.2 Å². The number of halogens is 3. The topological polar surface area (TPSA) is 12.0 Å². The summed E-state index contributed by atoms with van der Waals surface area (Å²) in [5.41, 5.74) is 1.92. The zero-order valence-electron chi connectivity index (χ0n) is 12.0.